The van der Waals surface area contributed by atoms with Crippen LogP contribution in [0.2, 0.25) is 10.0 Å². The summed E-state index contributed by atoms with van der Waals surface area (Å²) in [5.41, 5.74) is 13.4. The number of pyridine rings is 1. The number of amides is 1. The Hall–Kier alpha value is -6.07. The van der Waals surface area contributed by atoms with Crippen molar-refractivity contribution in [3.63, 3.8) is 0 Å². The lowest BCUT2D eigenvalue weighted by Gasteiger charge is -2.42. The smallest absolute Gasteiger partial charge is 0.326 e. The van der Waals surface area contributed by atoms with E-state index >= 15 is 0 Å². The largest absolute Gasteiger partial charge is 0.489 e. The van der Waals surface area contributed by atoms with E-state index in [9.17, 15) is 14.7 Å². The van der Waals surface area contributed by atoms with E-state index in [0.717, 1.165) is 50.9 Å². The number of rotatable bonds is 13. The van der Waals surface area contributed by atoms with Crippen LogP contribution in [-0.2, 0) is 35.6 Å². The third-order valence-electron chi connectivity index (χ3n) is 11.1. The maximum Gasteiger partial charge on any atom is 0.326 e. The maximum atomic E-state index is 14.4. The van der Waals surface area contributed by atoms with Gasteiger partial charge >= 0.3 is 5.97 Å². The highest BCUT2D eigenvalue weighted by Gasteiger charge is 2.38. The van der Waals surface area contributed by atoms with Gasteiger partial charge < -0.3 is 30.4 Å². The molecule has 2 aliphatic rings. The van der Waals surface area contributed by atoms with E-state index in [4.69, 9.17) is 43.1 Å². The number of aromatic nitrogens is 1. The minimum absolute atomic E-state index is 0.105. The number of nitrogens with one attached hydrogen (secondary N) is 1. The first-order chi connectivity index (χ1) is 29.1. The second-order valence-corrected chi connectivity index (χ2v) is 15.9. The predicted molar refractivity (Wildman–Crippen MR) is 232 cm³/mol. The van der Waals surface area contributed by atoms with Gasteiger partial charge in [0.2, 0.25) is 5.91 Å². The van der Waals surface area contributed by atoms with Crippen molar-refractivity contribution in [1.29, 1.82) is 0 Å². The van der Waals surface area contributed by atoms with Crippen LogP contribution in [0.3, 0.4) is 0 Å². The number of carboxylic acid groups (broad SMARTS) is 1. The standard InChI is InChI=1S/C48H44Cl2N4O6/c1-2-41(32-6-4-3-5-7-32)54-26-36-24-44-43(59-28-45(60-44)33-13-15-37(16-14-33)58-27-30-10-17-38(49)39(50)20-30)23-35(36)22-42(54)47(55)53-40(48(56)57)21-29-8-11-31(12-9-29)34-18-19-52-46(51)25-34/h3-20,23-25,40-42,45H,2,21-22,26-28H2,1H3,(H2,51,52)(H,53,55)(H,56,57)/t40-,41-,42-,45+/m0/s1. The number of aliphatic carboxylic acids is 1. The van der Waals surface area contributed by atoms with Crippen LogP contribution in [0.4, 0.5) is 5.82 Å². The second-order valence-electron chi connectivity index (χ2n) is 15.1. The number of anilines is 1. The second kappa shape index (κ2) is 18.0. The molecule has 0 radical (unpaired) electrons. The molecule has 12 heteroatoms. The SMILES string of the molecule is CC[C@@H](c1ccccc1)N1Cc2cc3c(cc2C[C@H]1C(=O)N[C@@H](Cc1ccc(-c2ccnc(N)c2)cc1)C(=O)O)OC[C@H](c1ccc(OCc2ccc(Cl)c(Cl)c2)cc1)O3. The minimum atomic E-state index is -1.14. The lowest BCUT2D eigenvalue weighted by Crippen LogP contribution is -2.55. The summed E-state index contributed by atoms with van der Waals surface area (Å²) in [5, 5.41) is 14.2. The number of hydrogen-bond donors (Lipinski definition) is 3. The zero-order chi connectivity index (χ0) is 41.8. The Bertz CT molecular complexity index is 2490. The quantitative estimate of drug-likeness (QED) is 0.104. The Balaban J connectivity index is 0.991. The molecule has 306 valence electrons. The van der Waals surface area contributed by atoms with Crippen molar-refractivity contribution < 1.29 is 28.9 Å². The Morgan fingerprint density at radius 1 is 0.883 bits per heavy atom. The number of ether oxygens (including phenoxy) is 3. The monoisotopic (exact) mass is 842 g/mol. The number of hydrogen-bond acceptors (Lipinski definition) is 8. The molecular formula is C48H44Cl2N4O6. The predicted octanol–water partition coefficient (Wildman–Crippen LogP) is 9.42. The van der Waals surface area contributed by atoms with Crippen molar-refractivity contribution >= 4 is 40.9 Å². The third kappa shape index (κ3) is 9.21. The molecule has 3 heterocycles. The summed E-state index contributed by atoms with van der Waals surface area (Å²) < 4.78 is 18.8. The fourth-order valence-corrected chi connectivity index (χ4v) is 8.30. The van der Waals surface area contributed by atoms with Crippen molar-refractivity contribution in [2.24, 2.45) is 0 Å². The van der Waals surface area contributed by atoms with Gasteiger partial charge in [-0.05, 0) is 106 Å². The van der Waals surface area contributed by atoms with Gasteiger partial charge in [0.15, 0.2) is 17.6 Å². The number of carboxylic acids is 1. The van der Waals surface area contributed by atoms with Gasteiger partial charge in [0.1, 0.15) is 30.8 Å². The minimum Gasteiger partial charge on any atom is -0.489 e. The van der Waals surface area contributed by atoms with Gasteiger partial charge in [0, 0.05) is 25.2 Å². The fourth-order valence-electron chi connectivity index (χ4n) is 7.98. The molecule has 4 atom stereocenters. The summed E-state index contributed by atoms with van der Waals surface area (Å²) in [6.45, 7) is 3.20. The molecule has 0 fully saturated rings. The van der Waals surface area contributed by atoms with Crippen molar-refractivity contribution in [2.45, 2.75) is 63.6 Å². The van der Waals surface area contributed by atoms with Crippen LogP contribution >= 0.6 is 23.2 Å². The Morgan fingerprint density at radius 3 is 2.35 bits per heavy atom. The Kier molecular flexibility index (Phi) is 12.2. The van der Waals surface area contributed by atoms with E-state index in [-0.39, 0.29) is 24.5 Å². The van der Waals surface area contributed by atoms with E-state index in [2.05, 4.69) is 34.3 Å². The number of carbonyl (C=O) groups is 2. The van der Waals surface area contributed by atoms with Crippen LogP contribution in [0.1, 0.15) is 58.9 Å². The van der Waals surface area contributed by atoms with E-state index in [1.807, 2.05) is 91.0 Å². The molecular weight excluding hydrogens is 799 g/mol. The molecule has 1 amide bonds. The highest BCUT2D eigenvalue weighted by atomic mass is 35.5. The van der Waals surface area contributed by atoms with Crippen LogP contribution in [0.5, 0.6) is 17.2 Å². The summed E-state index contributed by atoms with van der Waals surface area (Å²) in [5.74, 6) is 0.910. The number of halogens is 2. The molecule has 6 aromatic rings. The van der Waals surface area contributed by atoms with E-state index in [0.29, 0.717) is 59.3 Å². The van der Waals surface area contributed by atoms with Crippen LogP contribution in [0, 0.1) is 0 Å². The van der Waals surface area contributed by atoms with Gasteiger partial charge in [0.05, 0.1) is 16.1 Å². The number of fused-ring (bicyclic) bond motifs is 2. The lowest BCUT2D eigenvalue weighted by atomic mass is 9.89. The molecule has 4 N–H and O–H groups in total. The van der Waals surface area contributed by atoms with E-state index in [1.165, 1.54) is 0 Å². The molecule has 0 spiro atoms. The van der Waals surface area contributed by atoms with Gasteiger partial charge in [-0.3, -0.25) is 9.69 Å². The first-order valence-electron chi connectivity index (χ1n) is 19.9. The van der Waals surface area contributed by atoms with Crippen LogP contribution < -0.4 is 25.3 Å². The van der Waals surface area contributed by atoms with Crippen LogP contribution in [0.15, 0.2) is 128 Å². The number of benzene rings is 5. The zero-order valence-electron chi connectivity index (χ0n) is 32.9. The van der Waals surface area contributed by atoms with Gasteiger partial charge in [-0.15, -0.1) is 0 Å². The maximum absolute atomic E-state index is 14.4. The highest BCUT2D eigenvalue weighted by Crippen LogP contribution is 2.42. The molecule has 5 aromatic carbocycles. The van der Waals surface area contributed by atoms with Crippen molar-refractivity contribution in [1.82, 2.24) is 15.2 Å². The average molecular weight is 844 g/mol. The van der Waals surface area contributed by atoms with Gasteiger partial charge in [-0.2, -0.15) is 0 Å². The summed E-state index contributed by atoms with van der Waals surface area (Å²) in [7, 11) is 0. The molecule has 0 aliphatic carbocycles. The molecule has 0 saturated heterocycles. The van der Waals surface area contributed by atoms with E-state index < -0.39 is 18.1 Å². The number of carbonyl (C=O) groups excluding carboxylic acids is 1. The van der Waals surface area contributed by atoms with Crippen molar-refractivity contribution in [3.05, 3.63) is 171 Å². The highest BCUT2D eigenvalue weighted by molar-refractivity contribution is 6.42. The van der Waals surface area contributed by atoms with E-state index in [1.54, 1.807) is 24.4 Å². The fraction of sp³-hybridized carbons (Fsp3) is 0.229. The molecule has 0 bridgehead atoms. The lowest BCUT2D eigenvalue weighted by molar-refractivity contribution is -0.143. The van der Waals surface area contributed by atoms with Gasteiger partial charge in [-0.1, -0.05) is 103 Å². The normalized spacial score (nSPS) is 16.9. The van der Waals surface area contributed by atoms with Gasteiger partial charge in [0.25, 0.3) is 0 Å². The summed E-state index contributed by atoms with van der Waals surface area (Å²) in [4.78, 5) is 33.3. The zero-order valence-corrected chi connectivity index (χ0v) is 34.4. The molecule has 60 heavy (non-hydrogen) atoms. The number of nitrogens with two attached hydrogens (primary N) is 1. The first kappa shape index (κ1) is 40.7. The van der Waals surface area contributed by atoms with Crippen molar-refractivity contribution in [2.75, 3.05) is 12.3 Å². The molecule has 2 aliphatic heterocycles. The molecule has 0 unspecified atom stereocenters. The number of nitrogens with zero attached hydrogens (tertiary/aromatic N) is 2. The molecule has 1 aromatic heterocycles. The molecule has 10 nitrogen and oxygen atoms in total. The Morgan fingerprint density at radius 2 is 1.63 bits per heavy atom. The Labute approximate surface area is 358 Å². The van der Waals surface area contributed by atoms with Crippen LogP contribution in [-0.4, -0.2) is 45.6 Å². The van der Waals surface area contributed by atoms with Crippen LogP contribution in [0.25, 0.3) is 11.1 Å². The topological polar surface area (TPSA) is 136 Å². The summed E-state index contributed by atoms with van der Waals surface area (Å²) in [6, 6.07) is 36.6. The average Bonchev–Trinajstić information content (AvgIpc) is 3.26. The molecule has 8 rings (SSSR count). The van der Waals surface area contributed by atoms with Gasteiger partial charge in [-0.25, -0.2) is 9.78 Å². The summed E-state index contributed by atoms with van der Waals surface area (Å²) in [6.07, 6.45) is 2.52. The number of nitrogen functional groups attached to an aromatic ring is 1. The summed E-state index contributed by atoms with van der Waals surface area (Å²) >= 11 is 12.2. The first-order valence-corrected chi connectivity index (χ1v) is 20.6. The third-order valence-corrected chi connectivity index (χ3v) is 11.9. The van der Waals surface area contributed by atoms with Crippen molar-refractivity contribution in [3.8, 4) is 28.4 Å². The molecule has 0 saturated carbocycles.